The summed E-state index contributed by atoms with van der Waals surface area (Å²) in [5.41, 5.74) is 1.56. The van der Waals surface area contributed by atoms with Crippen molar-refractivity contribution in [2.45, 2.75) is 18.7 Å². The number of morpholine rings is 1. The van der Waals surface area contributed by atoms with Gasteiger partial charge in [0, 0.05) is 25.0 Å². The smallest absolute Gasteiger partial charge is 0.443 e. The first-order chi connectivity index (χ1) is 12.0. The van der Waals surface area contributed by atoms with Crippen LogP contribution < -0.4 is 4.74 Å². The molecule has 0 amide bonds. The van der Waals surface area contributed by atoms with Gasteiger partial charge in [-0.05, 0) is 24.1 Å². The third kappa shape index (κ3) is 4.71. The number of aromatic nitrogens is 1. The van der Waals surface area contributed by atoms with Crippen molar-refractivity contribution in [3.05, 3.63) is 45.9 Å². The summed E-state index contributed by atoms with van der Waals surface area (Å²) in [7, 11) is 1.63. The highest BCUT2D eigenvalue weighted by Gasteiger charge is 2.36. The summed E-state index contributed by atoms with van der Waals surface area (Å²) in [6, 6.07) is 7.89. The van der Waals surface area contributed by atoms with Gasteiger partial charge in [-0.1, -0.05) is 12.1 Å². The van der Waals surface area contributed by atoms with E-state index in [9.17, 15) is 13.2 Å². The van der Waals surface area contributed by atoms with Crippen LogP contribution in [0.2, 0.25) is 0 Å². The molecule has 1 fully saturated rings. The monoisotopic (exact) mass is 372 g/mol. The van der Waals surface area contributed by atoms with Gasteiger partial charge in [0.05, 0.1) is 19.4 Å². The quantitative estimate of drug-likeness (QED) is 0.800. The molecule has 1 aromatic carbocycles. The highest BCUT2D eigenvalue weighted by atomic mass is 32.1. The predicted molar refractivity (Wildman–Crippen MR) is 88.9 cm³/mol. The molecule has 2 heterocycles. The Morgan fingerprint density at radius 1 is 1.32 bits per heavy atom. The van der Waals surface area contributed by atoms with E-state index in [0.717, 1.165) is 25.3 Å². The summed E-state index contributed by atoms with van der Waals surface area (Å²) in [4.78, 5) is 5.90. The van der Waals surface area contributed by atoms with E-state index in [2.05, 4.69) is 9.88 Å². The second-order valence-corrected chi connectivity index (χ2v) is 6.69. The average molecular weight is 372 g/mol. The molecule has 1 atom stereocenters. The van der Waals surface area contributed by atoms with Crippen molar-refractivity contribution in [3.8, 4) is 5.75 Å². The van der Waals surface area contributed by atoms with Crippen LogP contribution >= 0.6 is 11.3 Å². The molecular formula is C17H19F3N2O2S. The lowest BCUT2D eigenvalue weighted by atomic mass is 10.1. The number of rotatable bonds is 5. The number of thiazole rings is 1. The molecule has 2 aromatic rings. The van der Waals surface area contributed by atoms with Crippen molar-refractivity contribution in [1.82, 2.24) is 9.88 Å². The zero-order chi connectivity index (χ0) is 17.9. The molecule has 8 heteroatoms. The summed E-state index contributed by atoms with van der Waals surface area (Å²) >= 11 is 0.619. The van der Waals surface area contributed by atoms with Crippen molar-refractivity contribution in [3.63, 3.8) is 0 Å². The number of hydrogen-bond acceptors (Lipinski definition) is 5. The third-order valence-corrected chi connectivity index (χ3v) is 5.03. The van der Waals surface area contributed by atoms with Crippen molar-refractivity contribution in [2.75, 3.05) is 33.4 Å². The van der Waals surface area contributed by atoms with Gasteiger partial charge in [-0.25, -0.2) is 4.98 Å². The van der Waals surface area contributed by atoms with Crippen LogP contribution in [0.1, 0.15) is 22.4 Å². The lowest BCUT2D eigenvalue weighted by Crippen LogP contribution is -2.39. The van der Waals surface area contributed by atoms with E-state index in [1.54, 1.807) is 7.11 Å². The first kappa shape index (κ1) is 18.2. The van der Waals surface area contributed by atoms with Crippen LogP contribution in [0, 0.1) is 0 Å². The van der Waals surface area contributed by atoms with Crippen molar-refractivity contribution < 1.29 is 22.6 Å². The number of nitrogens with zero attached hydrogens (tertiary/aromatic N) is 2. The van der Waals surface area contributed by atoms with Gasteiger partial charge in [-0.3, -0.25) is 4.90 Å². The first-order valence-electron chi connectivity index (χ1n) is 7.95. The number of hydrogen-bond donors (Lipinski definition) is 0. The van der Waals surface area contributed by atoms with Gasteiger partial charge >= 0.3 is 6.18 Å². The largest absolute Gasteiger partial charge is 0.497 e. The molecule has 136 valence electrons. The maximum absolute atomic E-state index is 12.7. The molecule has 3 rings (SSSR count). The Morgan fingerprint density at radius 3 is 2.72 bits per heavy atom. The molecule has 0 aliphatic carbocycles. The molecule has 1 saturated heterocycles. The number of methoxy groups -OCH3 is 1. The van der Waals surface area contributed by atoms with Crippen LogP contribution in [-0.4, -0.2) is 43.2 Å². The summed E-state index contributed by atoms with van der Waals surface area (Å²) < 4.78 is 48.8. The maximum Gasteiger partial charge on any atom is 0.443 e. The van der Waals surface area contributed by atoms with E-state index in [-0.39, 0.29) is 0 Å². The van der Waals surface area contributed by atoms with Gasteiger partial charge < -0.3 is 9.47 Å². The van der Waals surface area contributed by atoms with Crippen molar-refractivity contribution in [1.29, 1.82) is 0 Å². The van der Waals surface area contributed by atoms with E-state index in [1.807, 2.05) is 24.3 Å². The molecular weight excluding hydrogens is 353 g/mol. The first-order valence-corrected chi connectivity index (χ1v) is 8.83. The zero-order valence-electron chi connectivity index (χ0n) is 13.8. The Bertz CT molecular complexity index is 688. The molecule has 0 radical (unpaired) electrons. The molecule has 0 N–H and O–H groups in total. The van der Waals surface area contributed by atoms with Crippen LogP contribution in [0.25, 0.3) is 0 Å². The zero-order valence-corrected chi connectivity index (χ0v) is 14.6. The molecule has 0 bridgehead atoms. The van der Waals surface area contributed by atoms with Gasteiger partial charge in [0.15, 0.2) is 5.01 Å². The highest BCUT2D eigenvalue weighted by molar-refractivity contribution is 7.09. The molecule has 1 aliphatic rings. The van der Waals surface area contributed by atoms with Crippen LogP contribution in [0.5, 0.6) is 5.75 Å². The number of ether oxygens (including phenoxy) is 2. The Labute approximate surface area is 148 Å². The van der Waals surface area contributed by atoms with Gasteiger partial charge in [-0.15, -0.1) is 11.3 Å². The van der Waals surface area contributed by atoms with E-state index in [0.29, 0.717) is 30.2 Å². The van der Waals surface area contributed by atoms with Gasteiger partial charge in [-0.2, -0.15) is 13.2 Å². The molecule has 25 heavy (non-hydrogen) atoms. The van der Waals surface area contributed by atoms with Crippen LogP contribution in [0.3, 0.4) is 0 Å². The van der Waals surface area contributed by atoms with Gasteiger partial charge in [0.2, 0.25) is 0 Å². The normalized spacial score (nSPS) is 19.1. The van der Waals surface area contributed by atoms with E-state index < -0.39 is 17.3 Å². The van der Waals surface area contributed by atoms with Gasteiger partial charge in [0.25, 0.3) is 0 Å². The second-order valence-electron chi connectivity index (χ2n) is 5.83. The summed E-state index contributed by atoms with van der Waals surface area (Å²) in [5, 5.41) is 0.627. The topological polar surface area (TPSA) is 34.6 Å². The second kappa shape index (κ2) is 7.72. The minimum Gasteiger partial charge on any atom is -0.497 e. The van der Waals surface area contributed by atoms with Crippen LogP contribution in [0.4, 0.5) is 13.2 Å². The lowest BCUT2D eigenvalue weighted by molar-refractivity contribution is -0.138. The fraction of sp³-hybridized carbons (Fsp3) is 0.471. The van der Waals surface area contributed by atoms with Crippen LogP contribution in [0.15, 0.2) is 29.6 Å². The molecule has 4 nitrogen and oxygen atoms in total. The Morgan fingerprint density at radius 2 is 2.08 bits per heavy atom. The average Bonchev–Trinajstić information content (AvgIpc) is 3.11. The number of halogens is 3. The molecule has 1 aromatic heterocycles. The van der Waals surface area contributed by atoms with E-state index >= 15 is 0 Å². The standard InChI is InChI=1S/C17H19F3N2O2S/c1-23-13-4-2-12(3-5-13)6-7-22-8-9-24-15(10-22)14-11-25-16(21-14)17(18,19)20/h2-5,11,15H,6-10H2,1H3. The highest BCUT2D eigenvalue weighted by Crippen LogP contribution is 2.34. The summed E-state index contributed by atoms with van der Waals surface area (Å²) in [6.45, 7) is 2.63. The predicted octanol–water partition coefficient (Wildman–Crippen LogP) is 3.79. The summed E-state index contributed by atoms with van der Waals surface area (Å²) in [5.74, 6) is 0.819. The minimum atomic E-state index is -4.40. The molecule has 0 saturated carbocycles. The Balaban J connectivity index is 1.56. The fourth-order valence-electron chi connectivity index (χ4n) is 2.73. The lowest BCUT2D eigenvalue weighted by Gasteiger charge is -2.32. The third-order valence-electron chi connectivity index (χ3n) is 4.12. The Kier molecular flexibility index (Phi) is 5.61. The number of benzene rings is 1. The minimum absolute atomic E-state index is 0.367. The summed E-state index contributed by atoms with van der Waals surface area (Å²) in [6.07, 6.45) is -3.94. The molecule has 0 spiro atoms. The Hall–Kier alpha value is -1.64. The van der Waals surface area contributed by atoms with Gasteiger partial charge in [0.1, 0.15) is 11.9 Å². The van der Waals surface area contributed by atoms with E-state index in [1.165, 1.54) is 10.9 Å². The molecule has 1 aliphatic heterocycles. The maximum atomic E-state index is 12.7. The van der Waals surface area contributed by atoms with E-state index in [4.69, 9.17) is 9.47 Å². The number of alkyl halides is 3. The van der Waals surface area contributed by atoms with Crippen molar-refractivity contribution >= 4 is 11.3 Å². The fourth-order valence-corrected chi connectivity index (χ4v) is 3.46. The van der Waals surface area contributed by atoms with Crippen LogP contribution in [-0.2, 0) is 17.3 Å². The molecule has 1 unspecified atom stereocenters. The van der Waals surface area contributed by atoms with Crippen molar-refractivity contribution in [2.24, 2.45) is 0 Å². The SMILES string of the molecule is COc1ccc(CCN2CCOC(c3csc(C(F)(F)F)n3)C2)cc1.